The van der Waals surface area contributed by atoms with Crippen molar-refractivity contribution >= 4 is 17.4 Å². The van der Waals surface area contributed by atoms with Crippen LogP contribution in [0.25, 0.3) is 5.65 Å². The maximum Gasteiger partial charge on any atom is 0.245 e. The number of rotatable bonds is 4. The molecule has 0 amide bonds. The zero-order valence-electron chi connectivity index (χ0n) is 15.4. The van der Waals surface area contributed by atoms with Crippen molar-refractivity contribution < 1.29 is 0 Å². The van der Waals surface area contributed by atoms with Gasteiger partial charge in [-0.1, -0.05) is 13.8 Å². The van der Waals surface area contributed by atoms with Gasteiger partial charge in [-0.3, -0.25) is 0 Å². The molecule has 136 valence electrons. The number of hydrogen-bond acceptors (Lipinski definition) is 8. The van der Waals surface area contributed by atoms with Crippen molar-refractivity contribution in [2.24, 2.45) is 0 Å². The smallest absolute Gasteiger partial charge is 0.245 e. The monoisotopic (exact) mass is 353 g/mol. The van der Waals surface area contributed by atoms with E-state index in [1.807, 2.05) is 19.1 Å². The first-order chi connectivity index (χ1) is 12.7. The van der Waals surface area contributed by atoms with E-state index in [-0.39, 0.29) is 0 Å². The van der Waals surface area contributed by atoms with Gasteiger partial charge in [-0.25, -0.2) is 4.98 Å². The molecule has 3 aromatic rings. The Morgan fingerprint density at radius 1 is 0.846 bits per heavy atom. The molecule has 0 radical (unpaired) electrons. The van der Waals surface area contributed by atoms with Gasteiger partial charge in [0.05, 0.1) is 11.4 Å². The minimum atomic E-state index is 0.733. The van der Waals surface area contributed by atoms with E-state index in [0.717, 1.165) is 73.6 Å². The second kappa shape index (κ2) is 6.81. The highest BCUT2D eigenvalue weighted by molar-refractivity contribution is 5.47. The van der Waals surface area contributed by atoms with Crippen molar-refractivity contribution in [2.75, 3.05) is 36.0 Å². The maximum atomic E-state index is 4.73. The van der Waals surface area contributed by atoms with Gasteiger partial charge in [-0.15, -0.1) is 20.4 Å². The molecule has 0 spiro atoms. The Morgan fingerprint density at radius 3 is 2.31 bits per heavy atom. The van der Waals surface area contributed by atoms with Crippen molar-refractivity contribution in [1.29, 1.82) is 0 Å². The van der Waals surface area contributed by atoms with E-state index in [0.29, 0.717) is 0 Å². The van der Waals surface area contributed by atoms with Crippen LogP contribution in [0, 0.1) is 6.92 Å². The van der Waals surface area contributed by atoms with E-state index in [9.17, 15) is 0 Å². The average molecular weight is 353 g/mol. The van der Waals surface area contributed by atoms with Crippen LogP contribution in [0.4, 0.5) is 11.8 Å². The molecule has 4 heterocycles. The SMILES string of the molecule is CCc1nnc(N2CCN(c3ccc4nnc(C)n4n3)CC2)nc1CC. The molecule has 1 fully saturated rings. The van der Waals surface area contributed by atoms with Crippen LogP contribution in [0.3, 0.4) is 0 Å². The van der Waals surface area contributed by atoms with Gasteiger partial charge in [0.1, 0.15) is 5.82 Å². The molecule has 9 heteroatoms. The van der Waals surface area contributed by atoms with Crippen LogP contribution >= 0.6 is 0 Å². The minimum Gasteiger partial charge on any atom is -0.352 e. The Balaban J connectivity index is 1.49. The summed E-state index contributed by atoms with van der Waals surface area (Å²) in [5, 5.41) is 21.5. The van der Waals surface area contributed by atoms with Gasteiger partial charge >= 0.3 is 0 Å². The lowest BCUT2D eigenvalue weighted by Crippen LogP contribution is -2.47. The minimum absolute atomic E-state index is 0.733. The first-order valence-electron chi connectivity index (χ1n) is 9.11. The number of hydrogen-bond donors (Lipinski definition) is 0. The highest BCUT2D eigenvalue weighted by Crippen LogP contribution is 2.18. The Bertz CT molecular complexity index is 912. The Morgan fingerprint density at radius 2 is 1.58 bits per heavy atom. The lowest BCUT2D eigenvalue weighted by molar-refractivity contribution is 0.620. The molecular formula is C17H23N9. The topological polar surface area (TPSA) is 88.2 Å². The molecule has 1 aliphatic heterocycles. The van der Waals surface area contributed by atoms with Crippen molar-refractivity contribution in [1.82, 2.24) is 35.0 Å². The summed E-state index contributed by atoms with van der Waals surface area (Å²) in [6.45, 7) is 9.52. The zero-order chi connectivity index (χ0) is 18.1. The molecule has 26 heavy (non-hydrogen) atoms. The van der Waals surface area contributed by atoms with Gasteiger partial charge in [0.25, 0.3) is 0 Å². The average Bonchev–Trinajstić information content (AvgIpc) is 3.08. The predicted octanol–water partition coefficient (Wildman–Crippen LogP) is 1.07. The zero-order valence-corrected chi connectivity index (χ0v) is 15.4. The van der Waals surface area contributed by atoms with Crippen LogP contribution in [0.15, 0.2) is 12.1 Å². The van der Waals surface area contributed by atoms with E-state index in [2.05, 4.69) is 49.1 Å². The molecule has 9 nitrogen and oxygen atoms in total. The van der Waals surface area contributed by atoms with Crippen LogP contribution < -0.4 is 9.80 Å². The molecule has 0 unspecified atom stereocenters. The van der Waals surface area contributed by atoms with Gasteiger partial charge in [-0.05, 0) is 31.9 Å². The summed E-state index contributed by atoms with van der Waals surface area (Å²) >= 11 is 0. The van der Waals surface area contributed by atoms with Gasteiger partial charge < -0.3 is 9.80 Å². The third kappa shape index (κ3) is 2.93. The third-order valence-corrected chi connectivity index (χ3v) is 4.79. The molecule has 3 aromatic heterocycles. The summed E-state index contributed by atoms with van der Waals surface area (Å²) in [6.07, 6.45) is 1.75. The normalized spacial score (nSPS) is 15.0. The van der Waals surface area contributed by atoms with Crippen LogP contribution in [-0.4, -0.2) is 61.2 Å². The summed E-state index contributed by atoms with van der Waals surface area (Å²) < 4.78 is 1.78. The van der Waals surface area contributed by atoms with Crippen molar-refractivity contribution in [2.45, 2.75) is 33.6 Å². The second-order valence-electron chi connectivity index (χ2n) is 6.40. The maximum absolute atomic E-state index is 4.73. The van der Waals surface area contributed by atoms with Gasteiger partial charge in [0.15, 0.2) is 11.5 Å². The molecule has 0 saturated carbocycles. The molecule has 0 bridgehead atoms. The van der Waals surface area contributed by atoms with E-state index < -0.39 is 0 Å². The number of aromatic nitrogens is 7. The number of fused-ring (bicyclic) bond motifs is 1. The summed E-state index contributed by atoms with van der Waals surface area (Å²) in [6, 6.07) is 3.96. The largest absolute Gasteiger partial charge is 0.352 e. The first kappa shape index (κ1) is 16.6. The fourth-order valence-corrected chi connectivity index (χ4v) is 3.25. The predicted molar refractivity (Wildman–Crippen MR) is 98.5 cm³/mol. The molecule has 0 aromatic carbocycles. The van der Waals surface area contributed by atoms with E-state index in [1.54, 1.807) is 4.52 Å². The Labute approximate surface area is 152 Å². The molecular weight excluding hydrogens is 330 g/mol. The van der Waals surface area contributed by atoms with Gasteiger partial charge in [-0.2, -0.15) is 9.61 Å². The summed E-state index contributed by atoms with van der Waals surface area (Å²) in [5.74, 6) is 2.47. The lowest BCUT2D eigenvalue weighted by atomic mass is 10.2. The summed E-state index contributed by atoms with van der Waals surface area (Å²) in [5.41, 5.74) is 2.82. The Hall–Kier alpha value is -2.84. The first-order valence-corrected chi connectivity index (χ1v) is 9.11. The standard InChI is InChI=1S/C17H23N9/c1-4-13-14(5-2)20-22-17(18-13)25-10-8-24(9-11-25)16-7-6-15-21-19-12(3)26(15)23-16/h6-7H,4-5,8-11H2,1-3H3. The molecule has 4 rings (SSSR count). The number of anilines is 2. The Kier molecular flexibility index (Phi) is 4.36. The quantitative estimate of drug-likeness (QED) is 0.688. The third-order valence-electron chi connectivity index (χ3n) is 4.79. The highest BCUT2D eigenvalue weighted by atomic mass is 15.4. The van der Waals surface area contributed by atoms with E-state index in [1.165, 1.54) is 0 Å². The van der Waals surface area contributed by atoms with Crippen molar-refractivity contribution in [3.8, 4) is 0 Å². The lowest BCUT2D eigenvalue weighted by Gasteiger charge is -2.35. The van der Waals surface area contributed by atoms with E-state index >= 15 is 0 Å². The number of aryl methyl sites for hydroxylation is 3. The summed E-state index contributed by atoms with van der Waals surface area (Å²) in [4.78, 5) is 9.19. The van der Waals surface area contributed by atoms with Gasteiger partial charge in [0.2, 0.25) is 5.95 Å². The fraction of sp³-hybridized carbons (Fsp3) is 0.529. The molecule has 1 saturated heterocycles. The van der Waals surface area contributed by atoms with Gasteiger partial charge in [0, 0.05) is 26.2 Å². The number of piperazine rings is 1. The van der Waals surface area contributed by atoms with Crippen molar-refractivity contribution in [3.63, 3.8) is 0 Å². The van der Waals surface area contributed by atoms with Crippen molar-refractivity contribution in [3.05, 3.63) is 29.3 Å². The number of nitrogens with zero attached hydrogens (tertiary/aromatic N) is 9. The van der Waals surface area contributed by atoms with Crippen LogP contribution in [0.5, 0.6) is 0 Å². The highest BCUT2D eigenvalue weighted by Gasteiger charge is 2.21. The second-order valence-corrected chi connectivity index (χ2v) is 6.40. The molecule has 1 aliphatic rings. The van der Waals surface area contributed by atoms with Crippen LogP contribution in [0.2, 0.25) is 0 Å². The summed E-state index contributed by atoms with van der Waals surface area (Å²) in [7, 11) is 0. The van der Waals surface area contributed by atoms with Crippen LogP contribution in [-0.2, 0) is 12.8 Å². The van der Waals surface area contributed by atoms with E-state index in [4.69, 9.17) is 4.98 Å². The molecule has 0 atom stereocenters. The molecule has 0 N–H and O–H groups in total. The fourth-order valence-electron chi connectivity index (χ4n) is 3.25. The molecule has 0 aliphatic carbocycles. The van der Waals surface area contributed by atoms with Crippen LogP contribution in [0.1, 0.15) is 31.1 Å².